The second kappa shape index (κ2) is 7.14. The first kappa shape index (κ1) is 14.7. The third-order valence-electron chi connectivity index (χ3n) is 3.06. The van der Waals surface area contributed by atoms with Crippen LogP contribution in [-0.2, 0) is 0 Å². The van der Waals surface area contributed by atoms with Crippen LogP contribution in [0.5, 0.6) is 0 Å². The van der Waals surface area contributed by atoms with E-state index in [9.17, 15) is 4.79 Å². The monoisotopic (exact) mass is 248 g/mol. The van der Waals surface area contributed by atoms with Crippen molar-refractivity contribution < 1.29 is 4.79 Å². The zero-order valence-electron chi connectivity index (χ0n) is 11.9. The number of anilines is 1. The Hall–Kier alpha value is -1.38. The molecule has 0 saturated carbocycles. The maximum absolute atomic E-state index is 11.7. The third kappa shape index (κ3) is 3.83. The molecule has 3 heteroatoms. The van der Waals surface area contributed by atoms with Crippen LogP contribution in [-0.4, -0.2) is 23.4 Å². The number of aromatic nitrogens is 1. The first-order valence-electron chi connectivity index (χ1n) is 6.80. The number of pyridine rings is 1. The lowest BCUT2D eigenvalue weighted by Crippen LogP contribution is -2.33. The third-order valence-corrected chi connectivity index (χ3v) is 3.06. The van der Waals surface area contributed by atoms with E-state index in [1.165, 1.54) is 12.8 Å². The maximum Gasteiger partial charge on any atom is 0.163 e. The van der Waals surface area contributed by atoms with Crippen LogP contribution in [0.25, 0.3) is 0 Å². The van der Waals surface area contributed by atoms with E-state index < -0.39 is 0 Å². The van der Waals surface area contributed by atoms with Crippen molar-refractivity contribution in [3.05, 3.63) is 23.9 Å². The van der Waals surface area contributed by atoms with E-state index in [4.69, 9.17) is 0 Å². The molecule has 1 aromatic rings. The normalized spacial score (nSPS) is 10.7. The molecule has 100 valence electrons. The number of Topliss-reactive ketones (excluding diaryl/α,β-unsaturated/α-hetero) is 1. The molecule has 0 spiro atoms. The summed E-state index contributed by atoms with van der Waals surface area (Å²) >= 11 is 0. The summed E-state index contributed by atoms with van der Waals surface area (Å²) in [4.78, 5) is 18.3. The Bertz CT molecular complexity index is 388. The van der Waals surface area contributed by atoms with Gasteiger partial charge in [-0.3, -0.25) is 4.79 Å². The second-order valence-electron chi connectivity index (χ2n) is 4.93. The van der Waals surface area contributed by atoms with Crippen LogP contribution in [0.1, 0.15) is 57.3 Å². The van der Waals surface area contributed by atoms with Gasteiger partial charge in [0.05, 0.1) is 5.56 Å². The summed E-state index contributed by atoms with van der Waals surface area (Å²) in [7, 11) is 0. The summed E-state index contributed by atoms with van der Waals surface area (Å²) in [5, 5.41) is 0. The Labute approximate surface area is 110 Å². The minimum atomic E-state index is 0.0826. The molecule has 0 radical (unpaired) electrons. The minimum absolute atomic E-state index is 0.0826. The minimum Gasteiger partial charge on any atom is -0.354 e. The Morgan fingerprint density at radius 1 is 1.39 bits per heavy atom. The summed E-state index contributed by atoms with van der Waals surface area (Å²) in [6, 6.07) is 4.04. The van der Waals surface area contributed by atoms with Crippen LogP contribution >= 0.6 is 0 Å². The number of carbonyl (C=O) groups is 1. The fraction of sp³-hybridized carbons (Fsp3) is 0.600. The molecule has 0 aromatic carbocycles. The van der Waals surface area contributed by atoms with Crippen molar-refractivity contribution in [2.45, 2.75) is 53.0 Å². The van der Waals surface area contributed by atoms with Crippen molar-refractivity contribution in [1.82, 2.24) is 4.98 Å². The first-order chi connectivity index (χ1) is 8.57. The molecule has 0 saturated heterocycles. The fourth-order valence-corrected chi connectivity index (χ4v) is 2.04. The lowest BCUT2D eigenvalue weighted by Gasteiger charge is -2.29. The predicted octanol–water partition coefficient (Wildman–Crippen LogP) is 3.69. The number of ketones is 1. The molecule has 0 aliphatic carbocycles. The summed E-state index contributed by atoms with van der Waals surface area (Å²) in [6.45, 7) is 9.05. The Balaban J connectivity index is 2.94. The molecule has 0 N–H and O–H groups in total. The van der Waals surface area contributed by atoms with E-state index in [2.05, 4.69) is 30.7 Å². The van der Waals surface area contributed by atoms with Crippen molar-refractivity contribution in [1.29, 1.82) is 0 Å². The van der Waals surface area contributed by atoms with Gasteiger partial charge < -0.3 is 4.90 Å². The zero-order valence-corrected chi connectivity index (χ0v) is 11.9. The van der Waals surface area contributed by atoms with Crippen LogP contribution in [0.4, 0.5) is 5.82 Å². The van der Waals surface area contributed by atoms with E-state index in [-0.39, 0.29) is 5.78 Å². The molecule has 0 aliphatic rings. The largest absolute Gasteiger partial charge is 0.354 e. The standard InChI is InChI=1S/C15H24N2O/c1-5-6-7-11-17(12(2)3)15-14(13(4)18)9-8-10-16-15/h8-10,12H,5-7,11H2,1-4H3. The number of nitrogens with zero attached hydrogens (tertiary/aromatic N) is 2. The highest BCUT2D eigenvalue weighted by Crippen LogP contribution is 2.20. The quantitative estimate of drug-likeness (QED) is 0.545. The van der Waals surface area contributed by atoms with E-state index in [1.807, 2.05) is 12.1 Å². The lowest BCUT2D eigenvalue weighted by molar-refractivity contribution is 0.101. The summed E-state index contributed by atoms with van der Waals surface area (Å²) in [5.74, 6) is 0.912. The molecule has 0 amide bonds. The van der Waals surface area contributed by atoms with Gasteiger partial charge in [-0.15, -0.1) is 0 Å². The summed E-state index contributed by atoms with van der Waals surface area (Å²) in [5.41, 5.74) is 0.725. The molecular weight excluding hydrogens is 224 g/mol. The summed E-state index contributed by atoms with van der Waals surface area (Å²) in [6.07, 6.45) is 5.32. The summed E-state index contributed by atoms with van der Waals surface area (Å²) < 4.78 is 0. The topological polar surface area (TPSA) is 33.2 Å². The smallest absolute Gasteiger partial charge is 0.163 e. The van der Waals surface area contributed by atoms with Gasteiger partial charge in [-0.1, -0.05) is 19.8 Å². The van der Waals surface area contributed by atoms with Gasteiger partial charge in [0.1, 0.15) is 5.82 Å². The molecule has 1 aromatic heterocycles. The lowest BCUT2D eigenvalue weighted by atomic mass is 10.1. The fourth-order valence-electron chi connectivity index (χ4n) is 2.04. The molecule has 0 atom stereocenters. The van der Waals surface area contributed by atoms with E-state index in [0.717, 1.165) is 24.3 Å². The van der Waals surface area contributed by atoms with Crippen molar-refractivity contribution in [2.24, 2.45) is 0 Å². The highest BCUT2D eigenvalue weighted by atomic mass is 16.1. The second-order valence-corrected chi connectivity index (χ2v) is 4.93. The van der Waals surface area contributed by atoms with Gasteiger partial charge in [0.25, 0.3) is 0 Å². The van der Waals surface area contributed by atoms with Gasteiger partial charge in [-0.05, 0) is 39.3 Å². The molecule has 0 unspecified atom stereocenters. The highest BCUT2D eigenvalue weighted by Gasteiger charge is 2.17. The number of hydrogen-bond acceptors (Lipinski definition) is 3. The van der Waals surface area contributed by atoms with Crippen LogP contribution < -0.4 is 4.90 Å². The Morgan fingerprint density at radius 2 is 2.11 bits per heavy atom. The SMILES string of the molecule is CCCCCN(c1ncccc1C(C)=O)C(C)C. The highest BCUT2D eigenvalue weighted by molar-refractivity contribution is 5.98. The van der Waals surface area contributed by atoms with Crippen LogP contribution in [0, 0.1) is 0 Å². The van der Waals surface area contributed by atoms with Crippen molar-refractivity contribution in [3.63, 3.8) is 0 Å². The average Bonchev–Trinajstić information content (AvgIpc) is 2.34. The van der Waals surface area contributed by atoms with Crippen molar-refractivity contribution in [2.75, 3.05) is 11.4 Å². The Morgan fingerprint density at radius 3 is 2.67 bits per heavy atom. The number of unbranched alkanes of at least 4 members (excludes halogenated alkanes) is 2. The molecule has 1 heterocycles. The number of hydrogen-bond donors (Lipinski definition) is 0. The molecule has 0 aliphatic heterocycles. The number of carbonyl (C=O) groups excluding carboxylic acids is 1. The van der Waals surface area contributed by atoms with Crippen LogP contribution in [0.2, 0.25) is 0 Å². The van der Waals surface area contributed by atoms with Gasteiger partial charge in [-0.25, -0.2) is 4.98 Å². The van der Waals surface area contributed by atoms with Gasteiger partial charge in [0, 0.05) is 18.8 Å². The van der Waals surface area contributed by atoms with E-state index in [0.29, 0.717) is 6.04 Å². The molecular formula is C15H24N2O. The average molecular weight is 248 g/mol. The van der Waals surface area contributed by atoms with Crippen LogP contribution in [0.15, 0.2) is 18.3 Å². The van der Waals surface area contributed by atoms with Crippen molar-refractivity contribution in [3.8, 4) is 0 Å². The molecule has 3 nitrogen and oxygen atoms in total. The first-order valence-corrected chi connectivity index (χ1v) is 6.80. The molecule has 0 bridgehead atoms. The van der Waals surface area contributed by atoms with Gasteiger partial charge in [0.15, 0.2) is 5.78 Å². The maximum atomic E-state index is 11.7. The van der Waals surface area contributed by atoms with Gasteiger partial charge in [-0.2, -0.15) is 0 Å². The zero-order chi connectivity index (χ0) is 13.5. The van der Waals surface area contributed by atoms with Crippen LogP contribution in [0.3, 0.4) is 0 Å². The molecule has 1 rings (SSSR count). The Kier molecular flexibility index (Phi) is 5.83. The van der Waals surface area contributed by atoms with E-state index >= 15 is 0 Å². The molecule has 18 heavy (non-hydrogen) atoms. The van der Waals surface area contributed by atoms with Gasteiger partial charge in [0.2, 0.25) is 0 Å². The molecule has 0 fully saturated rings. The predicted molar refractivity (Wildman–Crippen MR) is 76.2 cm³/mol. The van der Waals surface area contributed by atoms with Crippen molar-refractivity contribution >= 4 is 11.6 Å². The van der Waals surface area contributed by atoms with E-state index in [1.54, 1.807) is 13.1 Å². The number of rotatable bonds is 7. The van der Waals surface area contributed by atoms with Gasteiger partial charge >= 0.3 is 0 Å².